The van der Waals surface area contributed by atoms with Crippen molar-refractivity contribution >= 4 is 5.91 Å². The lowest BCUT2D eigenvalue weighted by atomic mass is 9.93. The van der Waals surface area contributed by atoms with Gasteiger partial charge in [0.05, 0.1) is 5.54 Å². The lowest BCUT2D eigenvalue weighted by Gasteiger charge is -2.28. The standard InChI is InChI=1S/C14H19NO3/c1-4-13(16)15-14(2,3)10-5-6-11-12(9-10)18-8-7-17-11/h5-6,9H,4,7-8H2,1-3H3,(H,15,16). The Morgan fingerprint density at radius 2 is 1.94 bits per heavy atom. The summed E-state index contributed by atoms with van der Waals surface area (Å²) in [5.41, 5.74) is 0.594. The number of rotatable bonds is 3. The summed E-state index contributed by atoms with van der Waals surface area (Å²) in [7, 11) is 0. The highest BCUT2D eigenvalue weighted by atomic mass is 16.6. The SMILES string of the molecule is CCC(=O)NC(C)(C)c1ccc2c(c1)OCCO2. The molecule has 0 radical (unpaired) electrons. The van der Waals surface area contributed by atoms with Crippen molar-refractivity contribution in [2.75, 3.05) is 13.2 Å². The van der Waals surface area contributed by atoms with Crippen LogP contribution in [0.2, 0.25) is 0 Å². The predicted octanol–water partition coefficient (Wildman–Crippen LogP) is 2.22. The third kappa shape index (κ3) is 2.58. The molecule has 0 fully saturated rings. The van der Waals surface area contributed by atoms with Gasteiger partial charge in [0.2, 0.25) is 5.91 Å². The zero-order valence-corrected chi connectivity index (χ0v) is 11.1. The fourth-order valence-corrected chi connectivity index (χ4v) is 1.94. The molecule has 0 saturated carbocycles. The van der Waals surface area contributed by atoms with Gasteiger partial charge in [-0.15, -0.1) is 0 Å². The number of benzene rings is 1. The van der Waals surface area contributed by atoms with E-state index in [1.807, 2.05) is 39.0 Å². The Labute approximate surface area is 107 Å². The average molecular weight is 249 g/mol. The van der Waals surface area contributed by atoms with Gasteiger partial charge >= 0.3 is 0 Å². The maximum Gasteiger partial charge on any atom is 0.220 e. The van der Waals surface area contributed by atoms with Gasteiger partial charge in [0.25, 0.3) is 0 Å². The molecule has 0 spiro atoms. The molecule has 1 aliphatic heterocycles. The molecule has 0 atom stereocenters. The highest BCUT2D eigenvalue weighted by Crippen LogP contribution is 2.34. The van der Waals surface area contributed by atoms with Crippen molar-refractivity contribution in [3.05, 3.63) is 23.8 Å². The van der Waals surface area contributed by atoms with Gasteiger partial charge in [-0.3, -0.25) is 4.79 Å². The first kappa shape index (κ1) is 12.7. The summed E-state index contributed by atoms with van der Waals surface area (Å²) in [5, 5.41) is 2.99. The zero-order chi connectivity index (χ0) is 13.2. The third-order valence-electron chi connectivity index (χ3n) is 3.04. The first-order valence-electron chi connectivity index (χ1n) is 6.24. The van der Waals surface area contributed by atoms with Crippen LogP contribution in [0.3, 0.4) is 0 Å². The highest BCUT2D eigenvalue weighted by Gasteiger charge is 2.24. The van der Waals surface area contributed by atoms with E-state index in [0.29, 0.717) is 19.6 Å². The van der Waals surface area contributed by atoms with E-state index < -0.39 is 5.54 Å². The summed E-state index contributed by atoms with van der Waals surface area (Å²) in [4.78, 5) is 11.5. The van der Waals surface area contributed by atoms with Crippen molar-refractivity contribution in [2.24, 2.45) is 0 Å². The molecular weight excluding hydrogens is 230 g/mol. The molecule has 0 aromatic heterocycles. The minimum absolute atomic E-state index is 0.0369. The molecule has 0 aliphatic carbocycles. The van der Waals surface area contributed by atoms with E-state index in [-0.39, 0.29) is 5.91 Å². The molecule has 4 heteroatoms. The van der Waals surface area contributed by atoms with Gasteiger partial charge < -0.3 is 14.8 Å². The van der Waals surface area contributed by atoms with Crippen molar-refractivity contribution in [1.82, 2.24) is 5.32 Å². The monoisotopic (exact) mass is 249 g/mol. The van der Waals surface area contributed by atoms with E-state index in [0.717, 1.165) is 17.1 Å². The Kier molecular flexibility index (Phi) is 3.45. The molecule has 0 bridgehead atoms. The number of hydrogen-bond donors (Lipinski definition) is 1. The minimum Gasteiger partial charge on any atom is -0.486 e. The summed E-state index contributed by atoms with van der Waals surface area (Å²) >= 11 is 0. The van der Waals surface area contributed by atoms with Crippen LogP contribution in [-0.2, 0) is 10.3 Å². The van der Waals surface area contributed by atoms with E-state index in [1.54, 1.807) is 0 Å². The molecule has 1 N–H and O–H groups in total. The zero-order valence-electron chi connectivity index (χ0n) is 11.1. The Morgan fingerprint density at radius 3 is 2.61 bits per heavy atom. The van der Waals surface area contributed by atoms with E-state index in [4.69, 9.17) is 9.47 Å². The number of nitrogens with one attached hydrogen (secondary N) is 1. The fraction of sp³-hybridized carbons (Fsp3) is 0.500. The molecule has 1 amide bonds. The fourth-order valence-electron chi connectivity index (χ4n) is 1.94. The van der Waals surface area contributed by atoms with Crippen LogP contribution < -0.4 is 14.8 Å². The van der Waals surface area contributed by atoms with Crippen LogP contribution in [0.4, 0.5) is 0 Å². The summed E-state index contributed by atoms with van der Waals surface area (Å²) in [6.07, 6.45) is 0.480. The smallest absolute Gasteiger partial charge is 0.220 e. The second-order valence-electron chi connectivity index (χ2n) is 4.89. The normalized spacial score (nSPS) is 14.2. The molecule has 18 heavy (non-hydrogen) atoms. The molecular formula is C14H19NO3. The van der Waals surface area contributed by atoms with Crippen LogP contribution in [-0.4, -0.2) is 19.1 Å². The Bertz CT molecular complexity index is 454. The first-order chi connectivity index (χ1) is 8.53. The first-order valence-corrected chi connectivity index (χ1v) is 6.24. The number of carbonyl (C=O) groups is 1. The third-order valence-corrected chi connectivity index (χ3v) is 3.04. The molecule has 1 aliphatic rings. The quantitative estimate of drug-likeness (QED) is 0.893. The van der Waals surface area contributed by atoms with Crippen molar-refractivity contribution in [3.63, 3.8) is 0 Å². The lowest BCUT2D eigenvalue weighted by molar-refractivity contribution is -0.122. The van der Waals surface area contributed by atoms with Crippen molar-refractivity contribution in [2.45, 2.75) is 32.7 Å². The van der Waals surface area contributed by atoms with Gasteiger partial charge in [-0.1, -0.05) is 13.0 Å². The average Bonchev–Trinajstić information content (AvgIpc) is 2.37. The summed E-state index contributed by atoms with van der Waals surface area (Å²) in [5.74, 6) is 1.55. The van der Waals surface area contributed by atoms with Crippen LogP contribution >= 0.6 is 0 Å². The Balaban J connectivity index is 2.24. The molecule has 98 valence electrons. The van der Waals surface area contributed by atoms with Crippen molar-refractivity contribution in [1.29, 1.82) is 0 Å². The van der Waals surface area contributed by atoms with Crippen LogP contribution in [0.15, 0.2) is 18.2 Å². The summed E-state index contributed by atoms with van der Waals surface area (Å²) in [6.45, 7) is 6.95. The number of ether oxygens (including phenoxy) is 2. The van der Waals surface area contributed by atoms with Gasteiger partial charge in [0.15, 0.2) is 11.5 Å². The van der Waals surface area contributed by atoms with Crippen molar-refractivity contribution < 1.29 is 14.3 Å². The maximum absolute atomic E-state index is 11.5. The lowest BCUT2D eigenvalue weighted by Crippen LogP contribution is -2.40. The van der Waals surface area contributed by atoms with E-state index in [9.17, 15) is 4.79 Å². The Hall–Kier alpha value is -1.71. The topological polar surface area (TPSA) is 47.6 Å². The number of carbonyl (C=O) groups excluding carboxylic acids is 1. The largest absolute Gasteiger partial charge is 0.486 e. The van der Waals surface area contributed by atoms with Crippen LogP contribution in [0.1, 0.15) is 32.8 Å². The molecule has 1 heterocycles. The predicted molar refractivity (Wildman–Crippen MR) is 68.9 cm³/mol. The maximum atomic E-state index is 11.5. The molecule has 1 aromatic carbocycles. The van der Waals surface area contributed by atoms with Crippen LogP contribution in [0.5, 0.6) is 11.5 Å². The second-order valence-corrected chi connectivity index (χ2v) is 4.89. The number of amides is 1. The van der Waals surface area contributed by atoms with Gasteiger partial charge in [-0.05, 0) is 31.5 Å². The van der Waals surface area contributed by atoms with Crippen LogP contribution in [0.25, 0.3) is 0 Å². The molecule has 0 unspecified atom stereocenters. The number of hydrogen-bond acceptors (Lipinski definition) is 3. The van der Waals surface area contributed by atoms with E-state index in [2.05, 4.69) is 5.32 Å². The van der Waals surface area contributed by atoms with Gasteiger partial charge in [-0.2, -0.15) is 0 Å². The molecule has 0 saturated heterocycles. The van der Waals surface area contributed by atoms with Gasteiger partial charge in [0.1, 0.15) is 13.2 Å². The second kappa shape index (κ2) is 4.88. The summed E-state index contributed by atoms with van der Waals surface area (Å²) < 4.78 is 11.0. The van der Waals surface area contributed by atoms with Crippen molar-refractivity contribution in [3.8, 4) is 11.5 Å². The Morgan fingerprint density at radius 1 is 1.28 bits per heavy atom. The van der Waals surface area contributed by atoms with E-state index >= 15 is 0 Å². The number of fused-ring (bicyclic) bond motifs is 1. The van der Waals surface area contributed by atoms with E-state index in [1.165, 1.54) is 0 Å². The molecule has 4 nitrogen and oxygen atoms in total. The molecule has 1 aromatic rings. The molecule has 2 rings (SSSR count). The van der Waals surface area contributed by atoms with Gasteiger partial charge in [-0.25, -0.2) is 0 Å². The minimum atomic E-state index is -0.414. The van der Waals surface area contributed by atoms with Crippen LogP contribution in [0, 0.1) is 0 Å². The highest BCUT2D eigenvalue weighted by molar-refractivity contribution is 5.76. The summed E-state index contributed by atoms with van der Waals surface area (Å²) in [6, 6.07) is 5.79. The van der Waals surface area contributed by atoms with Gasteiger partial charge in [0, 0.05) is 6.42 Å².